The molecule has 6 heteroatoms. The van der Waals surface area contributed by atoms with Gasteiger partial charge >= 0.3 is 0 Å². The Morgan fingerprint density at radius 1 is 1.12 bits per heavy atom. The highest BCUT2D eigenvalue weighted by atomic mass is 79.9. The van der Waals surface area contributed by atoms with Crippen molar-refractivity contribution in [2.75, 3.05) is 7.11 Å². The zero-order valence-corrected chi connectivity index (χ0v) is 12.0. The van der Waals surface area contributed by atoms with E-state index in [2.05, 4.69) is 41.8 Å². The Morgan fingerprint density at radius 2 is 1.76 bits per heavy atom. The van der Waals surface area contributed by atoms with Crippen LogP contribution in [-0.4, -0.2) is 22.2 Å². The molecular formula is C11H8Br2N2O2. The molecule has 1 N–H and O–H groups in total. The number of benzene rings is 1. The molecular weight excluding hydrogens is 352 g/mol. The molecule has 0 aliphatic heterocycles. The van der Waals surface area contributed by atoms with Crippen molar-refractivity contribution in [3.8, 4) is 22.9 Å². The highest BCUT2D eigenvalue weighted by Gasteiger charge is 2.08. The number of hydrogen-bond acceptors (Lipinski definition) is 4. The summed E-state index contributed by atoms with van der Waals surface area (Å²) in [5, 5.41) is 9.51. The lowest BCUT2D eigenvalue weighted by molar-refractivity contribution is 0.373. The largest absolute Gasteiger partial charge is 0.504 e. The summed E-state index contributed by atoms with van der Waals surface area (Å²) in [4.78, 5) is 8.50. The van der Waals surface area contributed by atoms with E-state index in [1.807, 2.05) is 0 Å². The van der Waals surface area contributed by atoms with Crippen molar-refractivity contribution in [3.63, 3.8) is 0 Å². The first-order valence-corrected chi connectivity index (χ1v) is 6.26. The van der Waals surface area contributed by atoms with Crippen LogP contribution in [0.2, 0.25) is 0 Å². The van der Waals surface area contributed by atoms with Crippen molar-refractivity contribution >= 4 is 31.9 Å². The van der Waals surface area contributed by atoms with E-state index in [0.717, 1.165) is 5.56 Å². The number of methoxy groups -OCH3 is 1. The van der Waals surface area contributed by atoms with Crippen molar-refractivity contribution in [2.24, 2.45) is 0 Å². The molecule has 88 valence electrons. The molecule has 17 heavy (non-hydrogen) atoms. The molecule has 0 unspecified atom stereocenters. The Labute approximate surface area is 115 Å². The topological polar surface area (TPSA) is 55.2 Å². The van der Waals surface area contributed by atoms with Crippen LogP contribution < -0.4 is 4.74 Å². The summed E-state index contributed by atoms with van der Waals surface area (Å²) in [5.74, 6) is 1.03. The van der Waals surface area contributed by atoms with Gasteiger partial charge in [0.25, 0.3) is 0 Å². The molecule has 0 radical (unpaired) electrons. The monoisotopic (exact) mass is 358 g/mol. The Bertz CT molecular complexity index is 541. The average molecular weight is 360 g/mol. The normalized spacial score (nSPS) is 10.3. The van der Waals surface area contributed by atoms with E-state index in [1.165, 1.54) is 7.11 Å². The van der Waals surface area contributed by atoms with E-state index in [4.69, 9.17) is 4.74 Å². The van der Waals surface area contributed by atoms with Crippen LogP contribution in [0.4, 0.5) is 0 Å². The Kier molecular flexibility index (Phi) is 3.63. The van der Waals surface area contributed by atoms with E-state index in [9.17, 15) is 5.11 Å². The van der Waals surface area contributed by atoms with Gasteiger partial charge < -0.3 is 9.84 Å². The van der Waals surface area contributed by atoms with Gasteiger partial charge in [-0.15, -0.1) is 0 Å². The molecule has 0 aliphatic carbocycles. The van der Waals surface area contributed by atoms with Gasteiger partial charge in [0.2, 0.25) is 0 Å². The van der Waals surface area contributed by atoms with E-state index in [1.54, 1.807) is 24.3 Å². The predicted molar refractivity (Wildman–Crippen MR) is 71.1 cm³/mol. The minimum atomic E-state index is 0.0883. The van der Waals surface area contributed by atoms with Gasteiger partial charge in [0.1, 0.15) is 9.21 Å². The minimum Gasteiger partial charge on any atom is -0.504 e. The maximum Gasteiger partial charge on any atom is 0.161 e. The molecule has 0 amide bonds. The van der Waals surface area contributed by atoms with Crippen LogP contribution in [0.25, 0.3) is 11.4 Å². The summed E-state index contributed by atoms with van der Waals surface area (Å²) in [6.07, 6.45) is 0. The number of phenolic OH excluding ortho intramolecular Hbond substituents is 1. The zero-order valence-electron chi connectivity index (χ0n) is 8.82. The van der Waals surface area contributed by atoms with Gasteiger partial charge in [-0.2, -0.15) is 0 Å². The summed E-state index contributed by atoms with van der Waals surface area (Å²) in [6, 6.07) is 6.71. The fourth-order valence-corrected chi connectivity index (χ4v) is 2.41. The molecule has 0 fully saturated rings. The van der Waals surface area contributed by atoms with Gasteiger partial charge in [0, 0.05) is 11.6 Å². The predicted octanol–water partition coefficient (Wildman–Crippen LogP) is 3.38. The number of aromatic hydroxyl groups is 1. The molecule has 1 aromatic carbocycles. The second-order valence-corrected chi connectivity index (χ2v) is 4.85. The van der Waals surface area contributed by atoms with Crippen molar-refractivity contribution in [1.82, 2.24) is 9.97 Å². The molecule has 1 aromatic heterocycles. The van der Waals surface area contributed by atoms with Gasteiger partial charge in [0.15, 0.2) is 17.3 Å². The van der Waals surface area contributed by atoms with Crippen LogP contribution in [0.1, 0.15) is 0 Å². The van der Waals surface area contributed by atoms with E-state index in [0.29, 0.717) is 20.8 Å². The summed E-state index contributed by atoms with van der Waals surface area (Å²) in [5.41, 5.74) is 0.765. The molecule has 0 aliphatic rings. The molecule has 2 rings (SSSR count). The fraction of sp³-hybridized carbons (Fsp3) is 0.0909. The smallest absolute Gasteiger partial charge is 0.161 e. The van der Waals surface area contributed by atoms with Crippen LogP contribution >= 0.6 is 31.9 Å². The molecule has 2 aromatic rings. The average Bonchev–Trinajstić information content (AvgIpc) is 2.28. The summed E-state index contributed by atoms with van der Waals surface area (Å²) in [7, 11) is 1.50. The molecule has 0 saturated heterocycles. The van der Waals surface area contributed by atoms with Crippen LogP contribution in [0.5, 0.6) is 11.5 Å². The Balaban J connectivity index is 2.52. The molecule has 0 saturated carbocycles. The van der Waals surface area contributed by atoms with Crippen LogP contribution in [0, 0.1) is 0 Å². The third-order valence-electron chi connectivity index (χ3n) is 2.10. The van der Waals surface area contributed by atoms with Gasteiger partial charge in [-0.25, -0.2) is 9.97 Å². The first-order chi connectivity index (χ1) is 8.10. The number of halogens is 2. The number of phenols is 1. The Hall–Kier alpha value is -1.14. The lowest BCUT2D eigenvalue weighted by Crippen LogP contribution is -1.91. The number of aromatic nitrogens is 2. The van der Waals surface area contributed by atoms with Crippen LogP contribution in [-0.2, 0) is 0 Å². The molecule has 4 nitrogen and oxygen atoms in total. The van der Waals surface area contributed by atoms with Crippen molar-refractivity contribution < 1.29 is 9.84 Å². The minimum absolute atomic E-state index is 0.0883. The van der Waals surface area contributed by atoms with Crippen LogP contribution in [0.15, 0.2) is 33.5 Å². The van der Waals surface area contributed by atoms with Crippen molar-refractivity contribution in [3.05, 3.63) is 33.5 Å². The number of nitrogens with zero attached hydrogens (tertiary/aromatic N) is 2. The van der Waals surface area contributed by atoms with Gasteiger partial charge in [-0.3, -0.25) is 0 Å². The number of hydrogen-bond donors (Lipinski definition) is 1. The quantitative estimate of drug-likeness (QED) is 0.835. The molecule has 0 bridgehead atoms. The second-order valence-electron chi connectivity index (χ2n) is 3.22. The van der Waals surface area contributed by atoms with Crippen molar-refractivity contribution in [2.45, 2.75) is 0 Å². The molecule has 0 spiro atoms. The third-order valence-corrected chi connectivity index (χ3v) is 2.91. The van der Waals surface area contributed by atoms with E-state index < -0.39 is 0 Å². The lowest BCUT2D eigenvalue weighted by Gasteiger charge is -2.06. The fourth-order valence-electron chi connectivity index (χ4n) is 1.34. The summed E-state index contributed by atoms with van der Waals surface area (Å²) < 4.78 is 6.40. The van der Waals surface area contributed by atoms with Gasteiger partial charge in [-0.05, 0) is 50.1 Å². The van der Waals surface area contributed by atoms with Crippen molar-refractivity contribution in [1.29, 1.82) is 0 Å². The van der Waals surface area contributed by atoms with E-state index in [-0.39, 0.29) is 5.75 Å². The SMILES string of the molecule is COc1cc(-c2nc(Br)cc(Br)n2)ccc1O. The first-order valence-electron chi connectivity index (χ1n) is 4.67. The maximum absolute atomic E-state index is 9.51. The maximum atomic E-state index is 9.51. The zero-order chi connectivity index (χ0) is 12.4. The molecule has 0 atom stereocenters. The molecule has 1 heterocycles. The van der Waals surface area contributed by atoms with Gasteiger partial charge in [-0.1, -0.05) is 0 Å². The Morgan fingerprint density at radius 3 is 2.35 bits per heavy atom. The summed E-state index contributed by atoms with van der Waals surface area (Å²) >= 11 is 6.60. The van der Waals surface area contributed by atoms with Gasteiger partial charge in [0.05, 0.1) is 7.11 Å². The van der Waals surface area contributed by atoms with E-state index >= 15 is 0 Å². The number of ether oxygens (including phenoxy) is 1. The highest BCUT2D eigenvalue weighted by molar-refractivity contribution is 9.11. The number of rotatable bonds is 2. The standard InChI is InChI=1S/C11H8Br2N2O2/c1-17-8-4-6(2-3-7(8)16)11-14-9(12)5-10(13)15-11/h2-5,16H,1H3. The highest BCUT2D eigenvalue weighted by Crippen LogP contribution is 2.30. The third kappa shape index (κ3) is 2.76. The van der Waals surface area contributed by atoms with Crippen LogP contribution in [0.3, 0.4) is 0 Å². The first kappa shape index (κ1) is 12.3. The second kappa shape index (κ2) is 5.01. The lowest BCUT2D eigenvalue weighted by atomic mass is 10.2. The summed E-state index contributed by atoms with van der Waals surface area (Å²) in [6.45, 7) is 0.